The maximum Gasteiger partial charge on any atom is -0.0851 e. The van der Waals surface area contributed by atoms with E-state index in [0.29, 0.717) is 7.74 Å². The average Bonchev–Trinajstić information content (AvgIpc) is 1.64. The van der Waals surface area contributed by atoms with Gasteiger partial charge in [0.25, 0.3) is 0 Å². The molecule has 0 fully saturated rings. The highest BCUT2D eigenvalue weighted by Gasteiger charge is 1.99. The lowest BCUT2D eigenvalue weighted by atomic mass is 8.64. The summed E-state index contributed by atoms with van der Waals surface area (Å²) in [7, 11) is 6.67. The van der Waals surface area contributed by atoms with Crippen molar-refractivity contribution in [3.05, 3.63) is 0 Å². The van der Waals surface area contributed by atoms with Crippen LogP contribution in [0.1, 0.15) is 0 Å². The molecule has 0 heterocycles. The van der Waals surface area contributed by atoms with E-state index < -0.39 is 0 Å². The smallest absolute Gasteiger partial charge is 0.0851 e. The van der Waals surface area contributed by atoms with Crippen molar-refractivity contribution in [1.82, 2.24) is 0 Å². The zero-order chi connectivity index (χ0) is 7.44. The molecule has 0 nitrogen and oxygen atoms in total. The Labute approximate surface area is 65.5 Å². The zero-order valence-corrected chi connectivity index (χ0v) is 2.31. The molecule has 0 saturated carbocycles. The summed E-state index contributed by atoms with van der Waals surface area (Å²) < 4.78 is 0. The van der Waals surface area contributed by atoms with Gasteiger partial charge in [-0.25, -0.2) is 0 Å². The van der Waals surface area contributed by atoms with E-state index in [1.54, 1.807) is 0 Å². The average molecular weight is 112 g/mol. The van der Waals surface area contributed by atoms with E-state index in [-0.39, 0.29) is 0 Å². The summed E-state index contributed by atoms with van der Waals surface area (Å²) in [6, 6.07) is 0. The van der Waals surface area contributed by atoms with Crippen LogP contribution in [0.3, 0.4) is 0 Å². The molecule has 0 aromatic heterocycles. The van der Waals surface area contributed by atoms with Crippen LogP contribution < -0.4 is 0 Å². The van der Waals surface area contributed by atoms with Crippen molar-refractivity contribution in [1.29, 1.82) is 0 Å². The van der Waals surface area contributed by atoms with Gasteiger partial charge in [-0.15, -0.1) is 37.3 Å². The van der Waals surface area contributed by atoms with Gasteiger partial charge in [0, 0.05) is 0 Å². The fourth-order valence-corrected chi connectivity index (χ4v) is 0. The third-order valence-corrected chi connectivity index (χ3v) is 0. The summed E-state index contributed by atoms with van der Waals surface area (Å²) in [6.07, 6.45) is 4.33. The predicted molar refractivity (Wildman–Crippen MR) is 72.7 cm³/mol. The van der Waals surface area contributed by atoms with Crippen LogP contribution in [0.15, 0.2) is 0 Å². The van der Waals surface area contributed by atoms with E-state index in [1.807, 2.05) is 0 Å². The second-order valence-electron chi connectivity index (χ2n) is 0.577. The standard InChI is InChI=1S/B9H15/c1-6-9(7(2)3)8(4)5/h1-5H3/q-5. The van der Waals surface area contributed by atoms with Crippen LogP contribution in [0.5, 0.6) is 0 Å². The molecule has 0 atom stereocenters. The van der Waals surface area contributed by atoms with Crippen LogP contribution in [-0.2, 0) is 0 Å². The molecule has 0 bridgehead atoms. The Balaban J connectivity index is 3.68. The molecular formula is H15B9-5. The number of hydrogen-bond donors (Lipinski definition) is 0. The molecule has 0 aliphatic heterocycles. The number of rotatable bonds is 3. The van der Waals surface area contributed by atoms with Gasteiger partial charge in [0.05, 0.1) is 0 Å². The van der Waals surface area contributed by atoms with E-state index in [4.69, 9.17) is 0 Å². The lowest BCUT2D eigenvalue weighted by Gasteiger charge is -2.37. The van der Waals surface area contributed by atoms with Crippen molar-refractivity contribution in [2.24, 2.45) is 0 Å². The second kappa shape index (κ2) is 4.41. The first kappa shape index (κ1) is 9.58. The van der Waals surface area contributed by atoms with Crippen LogP contribution in [0.4, 0.5) is 0 Å². The first-order valence-corrected chi connectivity index (χ1v) is 1.00. The Morgan fingerprint density at radius 3 is 1.22 bits per heavy atom. The highest BCUT2D eigenvalue weighted by molar-refractivity contribution is 7.93. The molecular weight excluding hydrogens is 97.3 g/mol. The summed E-state index contributed by atoms with van der Waals surface area (Å²) in [5.41, 5.74) is 0. The van der Waals surface area contributed by atoms with Gasteiger partial charge in [-0.3, -0.25) is 12.8 Å². The monoisotopic (exact) mass is 114 g/mol. The minimum Gasteiger partial charge on any atom is -0.269 e. The normalized spacial score (nSPS) is 8.56. The van der Waals surface area contributed by atoms with Crippen molar-refractivity contribution in [2.45, 2.75) is 0 Å². The highest BCUT2D eigenvalue weighted by atomic mass is 13.0. The Morgan fingerprint density at radius 1 is 0.889 bits per heavy atom. The van der Waals surface area contributed by atoms with Gasteiger partial charge < -0.3 is 0 Å². The van der Waals surface area contributed by atoms with E-state index in [1.165, 1.54) is 19.2 Å². The molecule has 9 heavy (non-hydrogen) atoms. The fourth-order valence-electron chi connectivity index (χ4n) is 0. The van der Waals surface area contributed by atoms with E-state index >= 15 is 0 Å². The summed E-state index contributed by atoms with van der Waals surface area (Å²) in [5, 5.41) is 0. The largest absolute Gasteiger partial charge is 0.269 e. The first-order valence-electron chi connectivity index (χ1n) is 1.00. The van der Waals surface area contributed by atoms with E-state index in [0.717, 1.165) is 30.9 Å². The molecule has 1 radical (unpaired) electrons. The van der Waals surface area contributed by atoms with Crippen molar-refractivity contribution >= 4 is 64.9 Å². The first-order chi connectivity index (χ1) is 4.09. The van der Waals surface area contributed by atoms with Crippen LogP contribution in [-0.4, -0.2) is 64.9 Å². The molecule has 0 amide bonds. The van der Waals surface area contributed by atoms with Gasteiger partial charge in [-0.1, -0.05) is 7.74 Å². The Kier molecular flexibility index (Phi) is 4.69. The topological polar surface area (TPSA) is 0 Å². The summed E-state index contributed by atoms with van der Waals surface area (Å²) in [5.74, 6) is 0. The van der Waals surface area contributed by atoms with Gasteiger partial charge in [0.2, 0.25) is 0 Å². The highest BCUT2D eigenvalue weighted by Crippen LogP contribution is 1.80. The fraction of sp³-hybridized carbons (Fsp3) is 0. The summed E-state index contributed by atoms with van der Waals surface area (Å²) in [4.78, 5) is 0. The molecule has 0 aliphatic carbocycles. The van der Waals surface area contributed by atoms with Crippen molar-refractivity contribution in [3.8, 4) is 0 Å². The third kappa shape index (κ3) is 3.32. The molecule has 0 unspecified atom stereocenters. The number of hydrogen-bond acceptors (Lipinski definition) is 0. The second-order valence-corrected chi connectivity index (χ2v) is 0.577. The quantitative estimate of drug-likeness (QED) is 0.318. The molecule has 0 N–H and O–H groups in total. The van der Waals surface area contributed by atoms with E-state index in [9.17, 15) is 0 Å². The molecule has 0 aromatic carbocycles. The molecule has 0 aromatic rings. The Morgan fingerprint density at radius 2 is 1.22 bits per heavy atom. The third-order valence-electron chi connectivity index (χ3n) is 0. The lowest BCUT2D eigenvalue weighted by molar-refractivity contribution is 3.58. The van der Waals surface area contributed by atoms with Crippen LogP contribution in [0.25, 0.3) is 0 Å². The molecule has 0 saturated heterocycles. The molecule has 0 spiro atoms. The van der Waals surface area contributed by atoms with Gasteiger partial charge in [0.15, 0.2) is 0 Å². The molecule has 0 rings (SSSR count). The van der Waals surface area contributed by atoms with Crippen LogP contribution >= 0.6 is 0 Å². The van der Waals surface area contributed by atoms with Crippen molar-refractivity contribution < 1.29 is 0 Å². The maximum atomic E-state index is 2.81. The summed E-state index contributed by atoms with van der Waals surface area (Å²) in [6.45, 7) is 0. The van der Waals surface area contributed by atoms with Gasteiger partial charge in [-0.05, 0) is 0 Å². The molecule has 9 heteroatoms. The molecule has 47 valence electrons. The lowest BCUT2D eigenvalue weighted by Crippen LogP contribution is -2.55. The maximum absolute atomic E-state index is 2.81. The Bertz CT molecular complexity index is 54.4. The van der Waals surface area contributed by atoms with Gasteiger partial charge >= 0.3 is 0 Å². The minimum absolute atomic E-state index is 0.671. The summed E-state index contributed by atoms with van der Waals surface area (Å²) >= 11 is 0. The predicted octanol–water partition coefficient (Wildman–Crippen LogP) is -7.44. The minimum atomic E-state index is 0.671. The van der Waals surface area contributed by atoms with Crippen molar-refractivity contribution in [2.75, 3.05) is 0 Å². The van der Waals surface area contributed by atoms with E-state index in [2.05, 4.69) is 7.06 Å². The van der Waals surface area contributed by atoms with Gasteiger partial charge in [-0.2, -0.15) is 7.06 Å². The van der Waals surface area contributed by atoms with Crippen LogP contribution in [0, 0.1) is 0 Å². The molecule has 0 aliphatic rings. The van der Waals surface area contributed by atoms with Crippen molar-refractivity contribution in [3.63, 3.8) is 0 Å². The zero-order valence-electron chi connectivity index (χ0n) is 2.31. The SMILES string of the molecule is [BH3-][B]B(B([BH3-])[BH3-])B([BH3-])[BH3-]. The Hall–Kier alpha value is 0.584. The van der Waals surface area contributed by atoms with Crippen LogP contribution in [0.2, 0.25) is 0 Å². The van der Waals surface area contributed by atoms with Gasteiger partial charge in [0.1, 0.15) is 0 Å².